The van der Waals surface area contributed by atoms with Crippen molar-refractivity contribution < 1.29 is 13.2 Å². The fraction of sp³-hybridized carbons (Fsp3) is 0.364. The van der Waals surface area contributed by atoms with E-state index < -0.39 is 11.6 Å². The molecule has 0 saturated carbocycles. The molecular formula is C11H7Cl2F3N. The fourth-order valence-electron chi connectivity index (χ4n) is 1.81. The van der Waals surface area contributed by atoms with E-state index in [-0.39, 0.29) is 28.6 Å². The van der Waals surface area contributed by atoms with Gasteiger partial charge in [-0.3, -0.25) is 4.99 Å². The van der Waals surface area contributed by atoms with Crippen LogP contribution in [0.15, 0.2) is 23.2 Å². The summed E-state index contributed by atoms with van der Waals surface area (Å²) in [7, 11) is 0. The summed E-state index contributed by atoms with van der Waals surface area (Å²) in [5.74, 6) is 0. The van der Waals surface area contributed by atoms with Gasteiger partial charge in [-0.05, 0) is 23.8 Å². The van der Waals surface area contributed by atoms with E-state index in [0.29, 0.717) is 0 Å². The van der Waals surface area contributed by atoms with E-state index in [4.69, 9.17) is 23.2 Å². The highest BCUT2D eigenvalue weighted by Crippen LogP contribution is 2.46. The molecule has 1 aliphatic heterocycles. The monoisotopic (exact) mass is 280 g/mol. The normalized spacial score (nSPS) is 24.3. The van der Waals surface area contributed by atoms with Crippen LogP contribution in [0.3, 0.4) is 0 Å². The zero-order valence-electron chi connectivity index (χ0n) is 8.48. The number of nitrogens with zero attached hydrogens (tertiary/aromatic N) is 1. The number of hydrogen-bond acceptors (Lipinski definition) is 1. The fourth-order valence-corrected chi connectivity index (χ4v) is 2.34. The smallest absolute Gasteiger partial charge is 0.287 e. The molecular weight excluding hydrogens is 274 g/mol. The second kappa shape index (κ2) is 4.18. The molecule has 17 heavy (non-hydrogen) atoms. The maximum absolute atomic E-state index is 13.2. The quantitative estimate of drug-likeness (QED) is 0.733. The van der Waals surface area contributed by atoms with Crippen LogP contribution in [0.25, 0.3) is 0 Å². The van der Waals surface area contributed by atoms with Crippen molar-refractivity contribution in [3.63, 3.8) is 0 Å². The zero-order chi connectivity index (χ0) is 12.7. The highest BCUT2D eigenvalue weighted by molar-refractivity contribution is 6.34. The third kappa shape index (κ3) is 2.16. The van der Waals surface area contributed by atoms with Crippen molar-refractivity contribution in [3.8, 4) is 0 Å². The van der Waals surface area contributed by atoms with Crippen LogP contribution in [0.4, 0.5) is 13.2 Å². The van der Waals surface area contributed by atoms with E-state index >= 15 is 0 Å². The minimum Gasteiger partial charge on any atom is -0.287 e. The predicted octanol–water partition coefficient (Wildman–Crippen LogP) is 4.15. The molecule has 1 aromatic carbocycles. The standard InChI is InChI=1S/C11H7Cl2F3N/c12-8-3-7(4-9(13)5-8)10(11(14,15)16)1-2-17-6-10/h3-5H,1,6H2. The van der Waals surface area contributed by atoms with Crippen molar-refractivity contribution in [2.45, 2.75) is 18.0 Å². The Morgan fingerprint density at radius 2 is 1.76 bits per heavy atom. The van der Waals surface area contributed by atoms with Gasteiger partial charge in [-0.2, -0.15) is 13.2 Å². The van der Waals surface area contributed by atoms with Gasteiger partial charge < -0.3 is 0 Å². The van der Waals surface area contributed by atoms with Gasteiger partial charge in [0.25, 0.3) is 0 Å². The first-order valence-corrected chi connectivity index (χ1v) is 5.53. The minimum atomic E-state index is -4.41. The molecule has 0 N–H and O–H groups in total. The van der Waals surface area contributed by atoms with Crippen LogP contribution in [0.1, 0.15) is 12.0 Å². The topological polar surface area (TPSA) is 12.4 Å². The number of aliphatic imine (C=N–C) groups is 1. The Bertz CT molecular complexity index is 440. The maximum atomic E-state index is 13.2. The minimum absolute atomic E-state index is 0.0382. The van der Waals surface area contributed by atoms with Gasteiger partial charge in [0.05, 0.1) is 12.8 Å². The number of rotatable bonds is 1. The van der Waals surface area contributed by atoms with Crippen LogP contribution in [-0.2, 0) is 5.41 Å². The molecule has 1 nitrogen and oxygen atoms in total. The van der Waals surface area contributed by atoms with Crippen LogP contribution in [0.5, 0.6) is 0 Å². The zero-order valence-corrected chi connectivity index (χ0v) is 10.00. The van der Waals surface area contributed by atoms with E-state index in [1.165, 1.54) is 18.2 Å². The molecule has 0 spiro atoms. The van der Waals surface area contributed by atoms with E-state index in [1.54, 1.807) is 0 Å². The molecule has 0 saturated heterocycles. The Hall–Kier alpha value is -0.740. The number of alkyl halides is 3. The van der Waals surface area contributed by atoms with E-state index in [0.717, 1.165) is 0 Å². The number of hydrogen-bond donors (Lipinski definition) is 0. The number of benzene rings is 1. The van der Waals surface area contributed by atoms with Gasteiger partial charge in [-0.15, -0.1) is 0 Å². The Kier molecular flexibility index (Phi) is 3.12. The van der Waals surface area contributed by atoms with Crippen molar-refractivity contribution in [2.75, 3.05) is 6.54 Å². The molecule has 1 aliphatic rings. The SMILES string of the molecule is FC(F)(F)C1(c2cc(Cl)cc(Cl)c2)C[C]=NC1. The van der Waals surface area contributed by atoms with Gasteiger partial charge >= 0.3 is 6.18 Å². The van der Waals surface area contributed by atoms with Gasteiger partial charge in [0.2, 0.25) is 0 Å². The summed E-state index contributed by atoms with van der Waals surface area (Å²) < 4.78 is 39.5. The summed E-state index contributed by atoms with van der Waals surface area (Å²) in [6.07, 6.45) is -2.33. The second-order valence-corrected chi connectivity index (χ2v) is 4.76. The van der Waals surface area contributed by atoms with Gasteiger partial charge in [0.15, 0.2) is 0 Å². The number of halogens is 5. The van der Waals surface area contributed by atoms with E-state index in [2.05, 4.69) is 11.2 Å². The lowest BCUT2D eigenvalue weighted by atomic mass is 9.78. The first-order valence-electron chi connectivity index (χ1n) is 4.78. The predicted molar refractivity (Wildman–Crippen MR) is 61.1 cm³/mol. The molecule has 1 aromatic rings. The van der Waals surface area contributed by atoms with Crippen molar-refractivity contribution in [1.82, 2.24) is 0 Å². The third-order valence-corrected chi connectivity index (χ3v) is 3.24. The van der Waals surface area contributed by atoms with E-state index in [9.17, 15) is 13.2 Å². The highest BCUT2D eigenvalue weighted by atomic mass is 35.5. The lowest BCUT2D eigenvalue weighted by molar-refractivity contribution is -0.183. The van der Waals surface area contributed by atoms with Gasteiger partial charge in [0, 0.05) is 16.5 Å². The molecule has 1 atom stereocenters. The lowest BCUT2D eigenvalue weighted by Crippen LogP contribution is -2.43. The molecule has 6 heteroatoms. The van der Waals surface area contributed by atoms with Crippen LogP contribution in [0.2, 0.25) is 10.0 Å². The van der Waals surface area contributed by atoms with Gasteiger partial charge in [-0.25, -0.2) is 0 Å². The molecule has 0 aliphatic carbocycles. The maximum Gasteiger partial charge on any atom is 0.400 e. The molecule has 1 radical (unpaired) electrons. The van der Waals surface area contributed by atoms with E-state index in [1.807, 2.05) is 0 Å². The summed E-state index contributed by atoms with van der Waals surface area (Å²) in [6, 6.07) is 3.96. The Balaban J connectivity index is 2.54. The molecule has 0 fully saturated rings. The molecule has 0 amide bonds. The van der Waals surface area contributed by atoms with Gasteiger partial charge in [-0.1, -0.05) is 23.2 Å². The van der Waals surface area contributed by atoms with Crippen LogP contribution in [0, 0.1) is 0 Å². The summed E-state index contributed by atoms with van der Waals surface area (Å²) in [5, 5.41) is 0.367. The molecule has 0 bridgehead atoms. The van der Waals surface area contributed by atoms with Crippen molar-refractivity contribution in [3.05, 3.63) is 33.8 Å². The largest absolute Gasteiger partial charge is 0.400 e. The first-order chi connectivity index (χ1) is 7.85. The van der Waals surface area contributed by atoms with Crippen molar-refractivity contribution in [2.24, 2.45) is 4.99 Å². The Morgan fingerprint density at radius 3 is 2.18 bits per heavy atom. The lowest BCUT2D eigenvalue weighted by Gasteiger charge is -2.31. The van der Waals surface area contributed by atoms with Crippen LogP contribution in [-0.4, -0.2) is 18.9 Å². The molecule has 1 heterocycles. The second-order valence-electron chi connectivity index (χ2n) is 3.89. The first kappa shape index (κ1) is 12.7. The van der Waals surface area contributed by atoms with Crippen LogP contribution >= 0.6 is 23.2 Å². The summed E-state index contributed by atoms with van der Waals surface area (Å²) in [4.78, 5) is 3.58. The summed E-state index contributed by atoms with van der Waals surface area (Å²) in [6.45, 7) is -0.368. The summed E-state index contributed by atoms with van der Waals surface area (Å²) >= 11 is 11.5. The highest BCUT2D eigenvalue weighted by Gasteiger charge is 2.57. The molecule has 0 aromatic heterocycles. The third-order valence-electron chi connectivity index (χ3n) is 2.80. The Labute approximate surface area is 106 Å². The van der Waals surface area contributed by atoms with Crippen molar-refractivity contribution in [1.29, 1.82) is 0 Å². The Morgan fingerprint density at radius 1 is 1.18 bits per heavy atom. The van der Waals surface area contributed by atoms with Crippen LogP contribution < -0.4 is 0 Å². The molecule has 1 unspecified atom stereocenters. The molecule has 91 valence electrons. The summed E-state index contributed by atoms with van der Waals surface area (Å²) in [5.41, 5.74) is -2.00. The average molecular weight is 281 g/mol. The van der Waals surface area contributed by atoms with Gasteiger partial charge in [0.1, 0.15) is 5.41 Å². The molecule has 2 rings (SSSR count). The van der Waals surface area contributed by atoms with Crippen molar-refractivity contribution >= 4 is 29.4 Å². The average Bonchev–Trinajstić information content (AvgIpc) is 2.64.